The average molecular weight is 360 g/mol. The highest BCUT2D eigenvalue weighted by Gasteiger charge is 2.21. The molecule has 136 valence electrons. The molecule has 1 heterocycles. The number of rotatable bonds is 6. The summed E-state index contributed by atoms with van der Waals surface area (Å²) in [5.41, 5.74) is 4.55. The van der Waals surface area contributed by atoms with Gasteiger partial charge in [-0.15, -0.1) is 0 Å². The van der Waals surface area contributed by atoms with E-state index in [2.05, 4.69) is 10.1 Å². The summed E-state index contributed by atoms with van der Waals surface area (Å²) >= 11 is 0. The summed E-state index contributed by atoms with van der Waals surface area (Å²) in [6.07, 6.45) is 3.72. The molecule has 5 heteroatoms. The van der Waals surface area contributed by atoms with E-state index in [1.807, 2.05) is 37.3 Å². The van der Waals surface area contributed by atoms with Gasteiger partial charge in [-0.2, -0.15) is 0 Å². The molecule has 1 aromatic heterocycles. The van der Waals surface area contributed by atoms with Crippen LogP contribution in [-0.2, 0) is 0 Å². The fraction of sp³-hybridized carbons (Fsp3) is 0.136. The van der Waals surface area contributed by atoms with Gasteiger partial charge >= 0.3 is 5.97 Å². The van der Waals surface area contributed by atoms with Gasteiger partial charge in [0.05, 0.1) is 11.3 Å². The molecule has 5 nitrogen and oxygen atoms in total. The van der Waals surface area contributed by atoms with Crippen LogP contribution >= 0.6 is 0 Å². The predicted octanol–water partition coefficient (Wildman–Crippen LogP) is 4.49. The van der Waals surface area contributed by atoms with Crippen molar-refractivity contribution in [1.82, 2.24) is 4.98 Å². The van der Waals surface area contributed by atoms with E-state index < -0.39 is 5.97 Å². The van der Waals surface area contributed by atoms with Crippen LogP contribution in [0.4, 0.5) is 0 Å². The molecule has 1 atom stereocenters. The Labute approximate surface area is 157 Å². The molecule has 0 bridgehead atoms. The van der Waals surface area contributed by atoms with Crippen molar-refractivity contribution < 1.29 is 15.1 Å². The fourth-order valence-electron chi connectivity index (χ4n) is 3.23. The highest BCUT2D eigenvalue weighted by molar-refractivity contribution is 6.00. The number of benzene rings is 2. The number of carbonyl (C=O) groups is 1. The first-order chi connectivity index (χ1) is 13.1. The number of nitrogens with zero attached hydrogens (tertiary/aromatic N) is 2. The van der Waals surface area contributed by atoms with E-state index in [4.69, 9.17) is 0 Å². The molecule has 2 N–H and O–H groups in total. The van der Waals surface area contributed by atoms with E-state index in [1.165, 1.54) is 0 Å². The Bertz CT molecular complexity index is 968. The maximum Gasteiger partial charge on any atom is 0.335 e. The molecule has 27 heavy (non-hydrogen) atoms. The number of oxime groups is 1. The molecule has 1 unspecified atom stereocenters. The van der Waals surface area contributed by atoms with Gasteiger partial charge < -0.3 is 10.3 Å². The Kier molecular flexibility index (Phi) is 5.61. The number of carboxylic acid groups (broad SMARTS) is 1. The maximum atomic E-state index is 11.4. The van der Waals surface area contributed by atoms with Crippen LogP contribution in [0.5, 0.6) is 0 Å². The monoisotopic (exact) mass is 360 g/mol. The molecule has 0 radical (unpaired) electrons. The Morgan fingerprint density at radius 1 is 1.04 bits per heavy atom. The Morgan fingerprint density at radius 3 is 2.44 bits per heavy atom. The molecule has 3 aromatic rings. The lowest BCUT2D eigenvalue weighted by atomic mass is 9.83. The van der Waals surface area contributed by atoms with E-state index >= 15 is 0 Å². The van der Waals surface area contributed by atoms with Gasteiger partial charge in [-0.25, -0.2) is 4.79 Å². The van der Waals surface area contributed by atoms with Crippen LogP contribution in [-0.4, -0.2) is 27.0 Å². The molecule has 2 aromatic carbocycles. The van der Waals surface area contributed by atoms with Crippen molar-refractivity contribution in [3.63, 3.8) is 0 Å². The van der Waals surface area contributed by atoms with Gasteiger partial charge in [0.2, 0.25) is 0 Å². The number of aromatic carboxylic acids is 1. The average Bonchev–Trinajstić information content (AvgIpc) is 2.70. The maximum absolute atomic E-state index is 11.4. The summed E-state index contributed by atoms with van der Waals surface area (Å²) in [6, 6.07) is 18.4. The van der Waals surface area contributed by atoms with Gasteiger partial charge in [0, 0.05) is 30.3 Å². The zero-order valence-electron chi connectivity index (χ0n) is 14.9. The van der Waals surface area contributed by atoms with E-state index in [0.717, 1.165) is 22.3 Å². The number of carboxylic acids is 1. The predicted molar refractivity (Wildman–Crippen MR) is 104 cm³/mol. The fourth-order valence-corrected chi connectivity index (χ4v) is 3.23. The minimum absolute atomic E-state index is 0.149. The zero-order valence-corrected chi connectivity index (χ0v) is 14.9. The van der Waals surface area contributed by atoms with Crippen LogP contribution in [0, 0.1) is 6.92 Å². The number of hydrogen-bond donors (Lipinski definition) is 2. The summed E-state index contributed by atoms with van der Waals surface area (Å²) in [7, 11) is 0. The highest BCUT2D eigenvalue weighted by Crippen LogP contribution is 2.32. The van der Waals surface area contributed by atoms with Crippen molar-refractivity contribution in [2.24, 2.45) is 5.16 Å². The van der Waals surface area contributed by atoms with E-state index in [0.29, 0.717) is 12.1 Å². The first-order valence-electron chi connectivity index (χ1n) is 8.60. The molecule has 3 rings (SSSR count). The van der Waals surface area contributed by atoms with Crippen molar-refractivity contribution >= 4 is 11.7 Å². The van der Waals surface area contributed by atoms with Crippen molar-refractivity contribution in [2.75, 3.05) is 0 Å². The second-order valence-electron chi connectivity index (χ2n) is 6.33. The minimum Gasteiger partial charge on any atom is -0.478 e. The molecule has 0 fully saturated rings. The van der Waals surface area contributed by atoms with Crippen LogP contribution < -0.4 is 0 Å². The number of pyridine rings is 1. The van der Waals surface area contributed by atoms with Gasteiger partial charge in [0.1, 0.15) is 0 Å². The first-order valence-corrected chi connectivity index (χ1v) is 8.60. The molecular formula is C22H20N2O3. The van der Waals surface area contributed by atoms with Gasteiger partial charge in [-0.3, -0.25) is 4.98 Å². The summed E-state index contributed by atoms with van der Waals surface area (Å²) in [4.78, 5) is 15.4. The van der Waals surface area contributed by atoms with Crippen LogP contribution in [0.15, 0.2) is 78.2 Å². The standard InChI is InChI=1S/C22H20N2O3/c1-15-5-2-3-8-19(15)20(17-6-4-7-18(13-17)22(25)26)14-21(24-27)16-9-11-23-12-10-16/h2-13,20,27H,14H2,1H3,(H,25,26). The van der Waals surface area contributed by atoms with Crippen LogP contribution in [0.1, 0.15) is 45.0 Å². The van der Waals surface area contributed by atoms with Gasteiger partial charge in [-0.1, -0.05) is 41.6 Å². The lowest BCUT2D eigenvalue weighted by Crippen LogP contribution is -2.12. The third-order valence-electron chi connectivity index (χ3n) is 4.63. The van der Waals surface area contributed by atoms with Gasteiger partial charge in [-0.05, 0) is 47.9 Å². The molecular weight excluding hydrogens is 340 g/mol. The molecule has 0 amide bonds. The number of aromatic nitrogens is 1. The topological polar surface area (TPSA) is 82.8 Å². The smallest absolute Gasteiger partial charge is 0.335 e. The molecule has 0 aliphatic rings. The summed E-state index contributed by atoms with van der Waals surface area (Å²) in [6.45, 7) is 2.02. The second-order valence-corrected chi connectivity index (χ2v) is 6.33. The summed E-state index contributed by atoms with van der Waals surface area (Å²) in [5.74, 6) is -1.12. The van der Waals surface area contributed by atoms with Crippen LogP contribution in [0.2, 0.25) is 0 Å². The summed E-state index contributed by atoms with van der Waals surface area (Å²) in [5, 5.41) is 22.5. The van der Waals surface area contributed by atoms with Gasteiger partial charge in [0.25, 0.3) is 0 Å². The SMILES string of the molecule is Cc1ccccc1C(CC(=NO)c1ccncc1)c1cccc(C(=O)O)c1. The Morgan fingerprint density at radius 2 is 1.78 bits per heavy atom. The molecule has 0 saturated carbocycles. The third-order valence-corrected chi connectivity index (χ3v) is 4.63. The molecule has 0 aliphatic heterocycles. The van der Waals surface area contributed by atoms with E-state index in [1.54, 1.807) is 42.7 Å². The largest absolute Gasteiger partial charge is 0.478 e. The summed E-state index contributed by atoms with van der Waals surface area (Å²) < 4.78 is 0. The van der Waals surface area contributed by atoms with Gasteiger partial charge in [0.15, 0.2) is 0 Å². The Hall–Kier alpha value is -3.47. The van der Waals surface area contributed by atoms with Crippen molar-refractivity contribution in [2.45, 2.75) is 19.3 Å². The van der Waals surface area contributed by atoms with Crippen LogP contribution in [0.3, 0.4) is 0 Å². The zero-order chi connectivity index (χ0) is 19.2. The Balaban J connectivity index is 2.07. The second kappa shape index (κ2) is 8.27. The lowest BCUT2D eigenvalue weighted by Gasteiger charge is -2.21. The first kappa shape index (κ1) is 18.3. The lowest BCUT2D eigenvalue weighted by molar-refractivity contribution is 0.0696. The molecule has 0 saturated heterocycles. The van der Waals surface area contributed by atoms with Crippen LogP contribution in [0.25, 0.3) is 0 Å². The molecule has 0 spiro atoms. The highest BCUT2D eigenvalue weighted by atomic mass is 16.4. The van der Waals surface area contributed by atoms with Crippen molar-refractivity contribution in [3.05, 3.63) is 101 Å². The normalized spacial score (nSPS) is 12.6. The van der Waals surface area contributed by atoms with E-state index in [9.17, 15) is 15.1 Å². The quantitative estimate of drug-likeness (QED) is 0.385. The third kappa shape index (κ3) is 4.20. The number of hydrogen-bond acceptors (Lipinski definition) is 4. The number of aryl methyl sites for hydroxylation is 1. The molecule has 0 aliphatic carbocycles. The minimum atomic E-state index is -0.967. The van der Waals surface area contributed by atoms with Crippen molar-refractivity contribution in [1.29, 1.82) is 0 Å². The van der Waals surface area contributed by atoms with Crippen molar-refractivity contribution in [3.8, 4) is 0 Å². The van der Waals surface area contributed by atoms with E-state index in [-0.39, 0.29) is 11.5 Å².